The molecule has 0 saturated carbocycles. The fourth-order valence-electron chi connectivity index (χ4n) is 1.44. The Labute approximate surface area is 107 Å². The topological polar surface area (TPSA) is 59.1 Å². The van der Waals surface area contributed by atoms with Gasteiger partial charge in [0.05, 0.1) is 4.90 Å². The lowest BCUT2D eigenvalue weighted by Gasteiger charge is -2.07. The first-order valence-electron chi connectivity index (χ1n) is 5.49. The third kappa shape index (κ3) is 2.87. The summed E-state index contributed by atoms with van der Waals surface area (Å²) >= 11 is 0. The van der Waals surface area contributed by atoms with Crippen LogP contribution in [0.2, 0.25) is 0 Å². The number of aromatic nitrogens is 1. The molecule has 94 valence electrons. The van der Waals surface area contributed by atoms with Crippen LogP contribution in [0.15, 0.2) is 47.5 Å². The smallest absolute Gasteiger partial charge is 0.263 e. The van der Waals surface area contributed by atoms with E-state index in [0.717, 1.165) is 11.1 Å². The molecule has 1 aromatic carbocycles. The van der Waals surface area contributed by atoms with Crippen molar-refractivity contribution in [1.29, 1.82) is 0 Å². The molecule has 5 heteroatoms. The van der Waals surface area contributed by atoms with Crippen LogP contribution in [0.3, 0.4) is 0 Å². The first-order chi connectivity index (χ1) is 8.47. The van der Waals surface area contributed by atoms with Crippen molar-refractivity contribution in [2.75, 3.05) is 4.72 Å². The molecule has 18 heavy (non-hydrogen) atoms. The summed E-state index contributed by atoms with van der Waals surface area (Å²) in [4.78, 5) is 4.25. The standard InChI is InChI=1S/C13H14N2O2S/c1-10-3-6-12(7-4-10)18(16,17)15-13-8-5-11(2)9-14-13/h3-9H,1-2H3,(H,14,15). The van der Waals surface area contributed by atoms with Gasteiger partial charge in [0.15, 0.2) is 0 Å². The molecule has 0 saturated heterocycles. The highest BCUT2D eigenvalue weighted by Crippen LogP contribution is 2.14. The first kappa shape index (κ1) is 12.6. The predicted molar refractivity (Wildman–Crippen MR) is 71.0 cm³/mol. The van der Waals surface area contributed by atoms with Crippen molar-refractivity contribution in [1.82, 2.24) is 4.98 Å². The summed E-state index contributed by atoms with van der Waals surface area (Å²) in [6, 6.07) is 10.1. The minimum Gasteiger partial charge on any atom is -0.263 e. The van der Waals surface area contributed by atoms with E-state index in [0.29, 0.717) is 5.82 Å². The molecule has 0 bridgehead atoms. The Morgan fingerprint density at radius 1 is 0.944 bits per heavy atom. The van der Waals surface area contributed by atoms with E-state index >= 15 is 0 Å². The van der Waals surface area contributed by atoms with E-state index < -0.39 is 10.0 Å². The highest BCUT2D eigenvalue weighted by molar-refractivity contribution is 7.92. The zero-order valence-corrected chi connectivity index (χ0v) is 11.0. The van der Waals surface area contributed by atoms with Gasteiger partial charge in [0.25, 0.3) is 10.0 Å². The molecule has 2 aromatic rings. The van der Waals surface area contributed by atoms with Crippen molar-refractivity contribution in [2.24, 2.45) is 0 Å². The average molecular weight is 262 g/mol. The van der Waals surface area contributed by atoms with E-state index in [2.05, 4.69) is 9.71 Å². The van der Waals surface area contributed by atoms with Crippen LogP contribution in [0.4, 0.5) is 5.82 Å². The van der Waals surface area contributed by atoms with Gasteiger partial charge in [0.1, 0.15) is 5.82 Å². The summed E-state index contributed by atoms with van der Waals surface area (Å²) in [5.74, 6) is 0.321. The van der Waals surface area contributed by atoms with E-state index in [-0.39, 0.29) is 4.90 Å². The number of anilines is 1. The maximum absolute atomic E-state index is 12.0. The molecule has 4 nitrogen and oxygen atoms in total. The van der Waals surface area contributed by atoms with Gasteiger partial charge in [0, 0.05) is 6.20 Å². The lowest BCUT2D eigenvalue weighted by atomic mass is 10.2. The Kier molecular flexibility index (Phi) is 3.34. The van der Waals surface area contributed by atoms with Crippen molar-refractivity contribution in [3.8, 4) is 0 Å². The number of rotatable bonds is 3. The highest BCUT2D eigenvalue weighted by atomic mass is 32.2. The number of hydrogen-bond donors (Lipinski definition) is 1. The molecule has 0 aliphatic rings. The van der Waals surface area contributed by atoms with Gasteiger partial charge in [-0.15, -0.1) is 0 Å². The predicted octanol–water partition coefficient (Wildman–Crippen LogP) is 2.50. The molecule has 0 radical (unpaired) electrons. The highest BCUT2D eigenvalue weighted by Gasteiger charge is 2.13. The monoisotopic (exact) mass is 262 g/mol. The van der Waals surface area contributed by atoms with Crippen LogP contribution in [0.5, 0.6) is 0 Å². The Morgan fingerprint density at radius 2 is 1.56 bits per heavy atom. The summed E-state index contributed by atoms with van der Waals surface area (Å²) in [6.45, 7) is 3.80. The zero-order valence-electron chi connectivity index (χ0n) is 10.2. The largest absolute Gasteiger partial charge is 0.263 e. The molecule has 0 aliphatic carbocycles. The number of benzene rings is 1. The molecule has 0 fully saturated rings. The molecule has 0 unspecified atom stereocenters. The van der Waals surface area contributed by atoms with E-state index in [9.17, 15) is 8.42 Å². The maximum atomic E-state index is 12.0. The number of pyridine rings is 1. The van der Waals surface area contributed by atoms with Crippen molar-refractivity contribution < 1.29 is 8.42 Å². The van der Waals surface area contributed by atoms with Crippen LogP contribution in [0.1, 0.15) is 11.1 Å². The van der Waals surface area contributed by atoms with Crippen molar-refractivity contribution >= 4 is 15.8 Å². The van der Waals surface area contributed by atoms with Crippen molar-refractivity contribution in [3.63, 3.8) is 0 Å². The third-order valence-corrected chi connectivity index (χ3v) is 3.85. The minimum atomic E-state index is -3.56. The Balaban J connectivity index is 2.27. The minimum absolute atomic E-state index is 0.232. The number of nitrogens with one attached hydrogen (secondary N) is 1. The summed E-state index contributed by atoms with van der Waals surface area (Å²) in [7, 11) is -3.56. The number of nitrogens with zero attached hydrogens (tertiary/aromatic N) is 1. The Hall–Kier alpha value is -1.88. The fraction of sp³-hybridized carbons (Fsp3) is 0.154. The van der Waals surface area contributed by atoms with Crippen LogP contribution in [0, 0.1) is 13.8 Å². The molecule has 0 aliphatic heterocycles. The maximum Gasteiger partial charge on any atom is 0.263 e. The zero-order chi connectivity index (χ0) is 13.2. The molecule has 1 aromatic heterocycles. The van der Waals surface area contributed by atoms with Gasteiger partial charge in [-0.2, -0.15) is 0 Å². The molecule has 2 rings (SSSR count). The lowest BCUT2D eigenvalue weighted by Crippen LogP contribution is -2.13. The Bertz CT molecular complexity index is 632. The van der Waals surface area contributed by atoms with E-state index in [4.69, 9.17) is 0 Å². The van der Waals surface area contributed by atoms with Crippen molar-refractivity contribution in [3.05, 3.63) is 53.7 Å². The molecule has 1 N–H and O–H groups in total. The number of hydrogen-bond acceptors (Lipinski definition) is 3. The van der Waals surface area contributed by atoms with Crippen LogP contribution in [0.25, 0.3) is 0 Å². The summed E-state index contributed by atoms with van der Waals surface area (Å²) in [5, 5.41) is 0. The van der Waals surface area contributed by atoms with E-state index in [1.54, 1.807) is 42.6 Å². The van der Waals surface area contributed by atoms with Gasteiger partial charge in [-0.1, -0.05) is 23.8 Å². The summed E-state index contributed by atoms with van der Waals surface area (Å²) in [6.07, 6.45) is 1.62. The van der Waals surface area contributed by atoms with E-state index in [1.807, 2.05) is 13.8 Å². The second-order valence-corrected chi connectivity index (χ2v) is 5.82. The van der Waals surface area contributed by atoms with Gasteiger partial charge in [-0.25, -0.2) is 13.4 Å². The van der Waals surface area contributed by atoms with E-state index in [1.165, 1.54) is 0 Å². The molecule has 0 atom stereocenters. The second kappa shape index (κ2) is 4.78. The second-order valence-electron chi connectivity index (χ2n) is 4.14. The summed E-state index contributed by atoms with van der Waals surface area (Å²) < 4.78 is 26.5. The lowest BCUT2D eigenvalue weighted by molar-refractivity contribution is 0.601. The molecular weight excluding hydrogens is 248 g/mol. The van der Waals surface area contributed by atoms with Gasteiger partial charge < -0.3 is 0 Å². The van der Waals surface area contributed by atoms with Crippen LogP contribution >= 0.6 is 0 Å². The first-order valence-corrected chi connectivity index (χ1v) is 6.98. The van der Waals surface area contributed by atoms with Gasteiger partial charge in [-0.05, 0) is 37.6 Å². The fourth-order valence-corrected chi connectivity index (χ4v) is 2.45. The SMILES string of the molecule is Cc1ccc(S(=O)(=O)Nc2ccc(C)cn2)cc1. The quantitative estimate of drug-likeness (QED) is 0.924. The average Bonchev–Trinajstić information content (AvgIpc) is 2.32. The molecule has 1 heterocycles. The molecular formula is C13H14N2O2S. The number of sulfonamides is 1. The van der Waals surface area contributed by atoms with Crippen LogP contribution in [-0.2, 0) is 10.0 Å². The number of aryl methyl sites for hydroxylation is 2. The van der Waals surface area contributed by atoms with Crippen molar-refractivity contribution in [2.45, 2.75) is 18.7 Å². The van der Waals surface area contributed by atoms with Crippen LogP contribution < -0.4 is 4.72 Å². The van der Waals surface area contributed by atoms with Gasteiger partial charge >= 0.3 is 0 Å². The molecule has 0 amide bonds. The van der Waals surface area contributed by atoms with Gasteiger partial charge in [-0.3, -0.25) is 4.72 Å². The summed E-state index contributed by atoms with van der Waals surface area (Å²) in [5.41, 5.74) is 2.00. The van der Waals surface area contributed by atoms with Crippen LogP contribution in [-0.4, -0.2) is 13.4 Å². The molecule has 0 spiro atoms. The van der Waals surface area contributed by atoms with Gasteiger partial charge in [0.2, 0.25) is 0 Å². The Morgan fingerprint density at radius 3 is 2.11 bits per heavy atom. The third-order valence-electron chi connectivity index (χ3n) is 2.48. The normalized spacial score (nSPS) is 11.2.